The smallest absolute Gasteiger partial charge is 0.248 e. The number of hydrogen-bond donors (Lipinski definition) is 1. The Hall–Kier alpha value is -0.340. The van der Waals surface area contributed by atoms with E-state index in [1.54, 1.807) is 0 Å². The minimum absolute atomic E-state index is 0.106. The summed E-state index contributed by atoms with van der Waals surface area (Å²) in [6.45, 7) is 7.56. The lowest BCUT2D eigenvalue weighted by molar-refractivity contribution is -0.109. The van der Waals surface area contributed by atoms with E-state index in [1.807, 2.05) is 27.7 Å². The monoisotopic (exact) mass is 189 g/mol. The molecule has 1 unspecified atom stereocenters. The van der Waals surface area contributed by atoms with Crippen LogP contribution < -0.4 is 5.73 Å². The van der Waals surface area contributed by atoms with Crippen molar-refractivity contribution in [2.45, 2.75) is 33.7 Å². The zero-order valence-electron chi connectivity index (χ0n) is 8.02. The molecule has 0 saturated carbocycles. The first-order chi connectivity index (χ1) is 5.37. The highest BCUT2D eigenvalue weighted by molar-refractivity contribution is 6.67. The van der Waals surface area contributed by atoms with Gasteiger partial charge in [-0.05, 0) is 36.9 Å². The Bertz CT molecular complexity index is 207. The van der Waals surface area contributed by atoms with Crippen LogP contribution in [0.15, 0.2) is 11.1 Å². The average molecular weight is 190 g/mol. The second-order valence-electron chi connectivity index (χ2n) is 3.31. The van der Waals surface area contributed by atoms with Crippen molar-refractivity contribution in [3.63, 3.8) is 0 Å². The second kappa shape index (κ2) is 4.63. The average Bonchev–Trinajstić information content (AvgIpc) is 1.85. The molecule has 1 atom stereocenters. The lowest BCUT2D eigenvalue weighted by Gasteiger charge is -2.14. The van der Waals surface area contributed by atoms with Crippen LogP contribution in [0.5, 0.6) is 0 Å². The van der Waals surface area contributed by atoms with Gasteiger partial charge in [-0.15, -0.1) is 0 Å². The van der Waals surface area contributed by atoms with E-state index in [1.165, 1.54) is 0 Å². The van der Waals surface area contributed by atoms with Crippen LogP contribution in [-0.2, 0) is 4.79 Å². The van der Waals surface area contributed by atoms with Gasteiger partial charge < -0.3 is 5.73 Å². The third-order valence-electron chi connectivity index (χ3n) is 1.90. The van der Waals surface area contributed by atoms with Gasteiger partial charge in [0.15, 0.2) is 0 Å². The molecule has 0 heterocycles. The molecule has 0 rings (SSSR count). The van der Waals surface area contributed by atoms with Crippen LogP contribution in [-0.4, -0.2) is 11.3 Å². The Balaban J connectivity index is 4.94. The summed E-state index contributed by atoms with van der Waals surface area (Å²) in [5, 5.41) is -0.389. The van der Waals surface area contributed by atoms with Gasteiger partial charge >= 0.3 is 0 Å². The molecule has 0 aromatic heterocycles. The molecule has 0 aromatic carbocycles. The third kappa shape index (κ3) is 2.95. The van der Waals surface area contributed by atoms with E-state index in [0.717, 1.165) is 5.57 Å². The van der Waals surface area contributed by atoms with Gasteiger partial charge in [-0.2, -0.15) is 0 Å². The van der Waals surface area contributed by atoms with Crippen LogP contribution in [0, 0.1) is 5.92 Å². The quantitative estimate of drug-likeness (QED) is 0.546. The lowest BCUT2D eigenvalue weighted by Crippen LogP contribution is -2.20. The van der Waals surface area contributed by atoms with Gasteiger partial charge in [0.2, 0.25) is 5.24 Å². The first-order valence-corrected chi connectivity index (χ1v) is 4.41. The largest absolute Gasteiger partial charge is 0.324 e. The molecule has 0 radical (unpaired) electrons. The number of rotatable bonds is 3. The summed E-state index contributed by atoms with van der Waals surface area (Å²) < 4.78 is 0. The van der Waals surface area contributed by atoms with E-state index in [0.29, 0.717) is 5.57 Å². The van der Waals surface area contributed by atoms with Crippen LogP contribution in [0.3, 0.4) is 0 Å². The molecule has 0 bridgehead atoms. The van der Waals surface area contributed by atoms with Gasteiger partial charge in [0, 0.05) is 11.6 Å². The number of carbonyl (C=O) groups excluding carboxylic acids is 1. The van der Waals surface area contributed by atoms with Gasteiger partial charge in [-0.25, -0.2) is 0 Å². The molecule has 0 spiro atoms. The maximum atomic E-state index is 11.0. The summed E-state index contributed by atoms with van der Waals surface area (Å²) in [7, 11) is 0. The molecule has 0 saturated heterocycles. The van der Waals surface area contributed by atoms with E-state index in [-0.39, 0.29) is 17.2 Å². The van der Waals surface area contributed by atoms with E-state index in [4.69, 9.17) is 17.3 Å². The number of hydrogen-bond acceptors (Lipinski definition) is 2. The topological polar surface area (TPSA) is 43.1 Å². The normalized spacial score (nSPS) is 15.9. The van der Waals surface area contributed by atoms with Crippen molar-refractivity contribution >= 4 is 16.8 Å². The van der Waals surface area contributed by atoms with Gasteiger partial charge in [-0.1, -0.05) is 13.8 Å². The number of nitrogens with two attached hydrogens (primary N) is 1. The molecule has 0 aliphatic carbocycles. The van der Waals surface area contributed by atoms with E-state index >= 15 is 0 Å². The number of allylic oxidation sites excluding steroid dienone is 1. The molecule has 3 heteroatoms. The van der Waals surface area contributed by atoms with Crippen LogP contribution in [0.2, 0.25) is 0 Å². The summed E-state index contributed by atoms with van der Waals surface area (Å²) in [5.74, 6) is 0.140. The fourth-order valence-electron chi connectivity index (χ4n) is 1.08. The first-order valence-electron chi connectivity index (χ1n) is 4.04. The Morgan fingerprint density at radius 3 is 1.83 bits per heavy atom. The van der Waals surface area contributed by atoms with Crippen molar-refractivity contribution in [3.05, 3.63) is 11.1 Å². The fourth-order valence-corrected chi connectivity index (χ4v) is 1.45. The summed E-state index contributed by atoms with van der Waals surface area (Å²) in [6, 6.07) is -0.106. The van der Waals surface area contributed by atoms with Gasteiger partial charge in [0.1, 0.15) is 0 Å². The Morgan fingerprint density at radius 1 is 1.33 bits per heavy atom. The summed E-state index contributed by atoms with van der Waals surface area (Å²) in [6.07, 6.45) is 0. The zero-order chi connectivity index (χ0) is 9.89. The molecule has 2 nitrogen and oxygen atoms in total. The number of halogens is 1. The molecule has 0 aliphatic rings. The van der Waals surface area contributed by atoms with Crippen molar-refractivity contribution in [3.8, 4) is 0 Å². The third-order valence-corrected chi connectivity index (χ3v) is 2.10. The van der Waals surface area contributed by atoms with E-state index in [2.05, 4.69) is 0 Å². The summed E-state index contributed by atoms with van der Waals surface area (Å²) in [5.41, 5.74) is 7.17. The van der Waals surface area contributed by atoms with E-state index in [9.17, 15) is 4.79 Å². The first kappa shape index (κ1) is 11.7. The Kier molecular flexibility index (Phi) is 4.50. The van der Waals surface area contributed by atoms with Crippen molar-refractivity contribution in [1.29, 1.82) is 0 Å². The van der Waals surface area contributed by atoms with Crippen LogP contribution in [0.25, 0.3) is 0 Å². The zero-order valence-corrected chi connectivity index (χ0v) is 8.77. The number of carbonyl (C=O) groups is 1. The molecular formula is C9H16ClNO. The predicted molar refractivity (Wildman–Crippen MR) is 52.0 cm³/mol. The molecule has 70 valence electrons. The maximum absolute atomic E-state index is 11.0. The van der Waals surface area contributed by atoms with E-state index < -0.39 is 0 Å². The highest BCUT2D eigenvalue weighted by Crippen LogP contribution is 2.19. The van der Waals surface area contributed by atoms with Gasteiger partial charge in [0.05, 0.1) is 0 Å². The Morgan fingerprint density at radius 2 is 1.75 bits per heavy atom. The maximum Gasteiger partial charge on any atom is 0.248 e. The van der Waals surface area contributed by atoms with Crippen LogP contribution in [0.1, 0.15) is 27.7 Å². The van der Waals surface area contributed by atoms with Crippen molar-refractivity contribution in [2.24, 2.45) is 11.7 Å². The minimum atomic E-state index is -0.389. The van der Waals surface area contributed by atoms with Crippen molar-refractivity contribution in [2.75, 3.05) is 0 Å². The molecule has 0 fully saturated rings. The minimum Gasteiger partial charge on any atom is -0.324 e. The molecule has 2 N–H and O–H groups in total. The summed E-state index contributed by atoms with van der Waals surface area (Å²) >= 11 is 5.43. The lowest BCUT2D eigenvalue weighted by atomic mass is 9.96. The Labute approximate surface area is 78.8 Å². The van der Waals surface area contributed by atoms with Crippen LogP contribution >= 0.6 is 11.6 Å². The molecule has 0 amide bonds. The van der Waals surface area contributed by atoms with Crippen LogP contribution in [0.4, 0.5) is 0 Å². The molecule has 0 aromatic rings. The van der Waals surface area contributed by atoms with Gasteiger partial charge in [-0.3, -0.25) is 4.79 Å². The van der Waals surface area contributed by atoms with Crippen molar-refractivity contribution < 1.29 is 4.79 Å². The molecular weight excluding hydrogens is 174 g/mol. The SMILES string of the molecule is C/C(=C(/C(=O)Cl)C(C)C)C(C)N. The fraction of sp³-hybridized carbons (Fsp3) is 0.667. The summed E-state index contributed by atoms with van der Waals surface area (Å²) in [4.78, 5) is 11.0. The highest BCUT2D eigenvalue weighted by Gasteiger charge is 2.15. The highest BCUT2D eigenvalue weighted by atomic mass is 35.5. The van der Waals surface area contributed by atoms with Crippen molar-refractivity contribution in [1.82, 2.24) is 0 Å². The molecule has 12 heavy (non-hydrogen) atoms. The second-order valence-corrected chi connectivity index (χ2v) is 3.66. The standard InChI is InChI=1S/C9H16ClNO/c1-5(2)8(9(10)12)6(3)7(4)11/h5,7H,11H2,1-4H3/b8-6-. The molecule has 0 aliphatic heterocycles. The van der Waals surface area contributed by atoms with Gasteiger partial charge in [0.25, 0.3) is 0 Å². The predicted octanol–water partition coefficient (Wildman–Crippen LogP) is 2.07.